The Morgan fingerprint density at radius 3 is 2.90 bits per heavy atom. The van der Waals surface area contributed by atoms with Crippen molar-refractivity contribution in [2.45, 2.75) is 6.54 Å². The molecule has 3 heterocycles. The molecule has 0 atom stereocenters. The number of urea groups is 1. The lowest BCUT2D eigenvalue weighted by Crippen LogP contribution is -2.49. The molecule has 1 fully saturated rings. The van der Waals surface area contributed by atoms with Crippen LogP contribution in [0.5, 0.6) is 0 Å². The van der Waals surface area contributed by atoms with Crippen molar-refractivity contribution in [2.24, 2.45) is 0 Å². The zero-order valence-corrected chi connectivity index (χ0v) is 11.7. The Hall–Kier alpha value is -1.93. The fraction of sp³-hybridized carbons (Fsp3) is 0.417. The molecule has 20 heavy (non-hydrogen) atoms. The molecular formula is C12H15N5O2S. The van der Waals surface area contributed by atoms with Crippen LogP contribution in [0.25, 0.3) is 0 Å². The smallest absolute Gasteiger partial charge is 0.323 e. The van der Waals surface area contributed by atoms with Gasteiger partial charge in [0, 0.05) is 26.2 Å². The second kappa shape index (κ2) is 6.02. The van der Waals surface area contributed by atoms with Gasteiger partial charge in [0.15, 0.2) is 0 Å². The summed E-state index contributed by atoms with van der Waals surface area (Å²) in [5.74, 6) is 0.955. The number of aromatic nitrogens is 2. The summed E-state index contributed by atoms with van der Waals surface area (Å²) in [7, 11) is 0. The topological polar surface area (TPSA) is 74.5 Å². The third kappa shape index (κ3) is 3.14. The van der Waals surface area contributed by atoms with Crippen molar-refractivity contribution in [1.29, 1.82) is 0 Å². The predicted molar refractivity (Wildman–Crippen MR) is 74.5 cm³/mol. The van der Waals surface area contributed by atoms with Crippen LogP contribution >= 0.6 is 11.3 Å². The molecule has 3 rings (SSSR count). The molecule has 106 valence electrons. The van der Waals surface area contributed by atoms with E-state index in [-0.39, 0.29) is 6.03 Å². The van der Waals surface area contributed by atoms with Gasteiger partial charge in [-0.15, -0.1) is 10.2 Å². The van der Waals surface area contributed by atoms with Gasteiger partial charge in [-0.05, 0) is 12.1 Å². The number of furan rings is 1. The number of amides is 2. The standard InChI is InChI=1S/C12H15N5O2S/c18-12(14-11-15-13-9-20-11)17-5-3-16(4-6-17)8-10-2-1-7-19-10/h1-2,7,9H,3-6,8H2,(H,14,15,18). The van der Waals surface area contributed by atoms with Crippen molar-refractivity contribution in [2.75, 3.05) is 31.5 Å². The van der Waals surface area contributed by atoms with E-state index in [1.165, 1.54) is 11.3 Å². The number of piperazine rings is 1. The lowest BCUT2D eigenvalue weighted by atomic mass is 10.3. The van der Waals surface area contributed by atoms with Crippen LogP contribution in [0.1, 0.15) is 5.76 Å². The molecule has 2 amide bonds. The van der Waals surface area contributed by atoms with E-state index >= 15 is 0 Å². The molecule has 1 aliphatic rings. The lowest BCUT2D eigenvalue weighted by molar-refractivity contribution is 0.137. The number of hydrogen-bond acceptors (Lipinski definition) is 6. The lowest BCUT2D eigenvalue weighted by Gasteiger charge is -2.33. The maximum Gasteiger partial charge on any atom is 0.323 e. The first-order valence-corrected chi connectivity index (χ1v) is 7.26. The van der Waals surface area contributed by atoms with Crippen molar-refractivity contribution in [3.8, 4) is 0 Å². The van der Waals surface area contributed by atoms with E-state index in [4.69, 9.17) is 4.42 Å². The largest absolute Gasteiger partial charge is 0.468 e. The summed E-state index contributed by atoms with van der Waals surface area (Å²) in [6.07, 6.45) is 1.68. The summed E-state index contributed by atoms with van der Waals surface area (Å²) in [6, 6.07) is 3.75. The third-order valence-electron chi connectivity index (χ3n) is 3.19. The molecule has 0 radical (unpaired) electrons. The minimum absolute atomic E-state index is 0.112. The van der Waals surface area contributed by atoms with Gasteiger partial charge >= 0.3 is 6.03 Å². The normalized spacial score (nSPS) is 16.3. The average Bonchev–Trinajstić information content (AvgIpc) is 3.13. The first-order valence-electron chi connectivity index (χ1n) is 6.38. The number of nitrogens with zero attached hydrogens (tertiary/aromatic N) is 4. The van der Waals surface area contributed by atoms with Gasteiger partial charge in [-0.1, -0.05) is 11.3 Å². The van der Waals surface area contributed by atoms with Crippen molar-refractivity contribution in [3.63, 3.8) is 0 Å². The minimum atomic E-state index is -0.112. The molecule has 0 aliphatic carbocycles. The van der Waals surface area contributed by atoms with E-state index in [2.05, 4.69) is 20.4 Å². The van der Waals surface area contributed by atoms with E-state index in [0.717, 1.165) is 25.4 Å². The van der Waals surface area contributed by atoms with E-state index in [9.17, 15) is 4.79 Å². The zero-order valence-electron chi connectivity index (χ0n) is 10.9. The minimum Gasteiger partial charge on any atom is -0.468 e. The molecule has 8 heteroatoms. The number of rotatable bonds is 3. The van der Waals surface area contributed by atoms with E-state index in [1.807, 2.05) is 12.1 Å². The molecule has 0 spiro atoms. The van der Waals surface area contributed by atoms with Crippen LogP contribution in [0.15, 0.2) is 28.3 Å². The summed E-state index contributed by atoms with van der Waals surface area (Å²) in [5, 5.41) is 10.8. The molecule has 0 bridgehead atoms. The Morgan fingerprint density at radius 2 is 2.25 bits per heavy atom. The van der Waals surface area contributed by atoms with Crippen molar-refractivity contribution in [3.05, 3.63) is 29.7 Å². The second-order valence-electron chi connectivity index (χ2n) is 4.52. The van der Waals surface area contributed by atoms with Crippen LogP contribution in [-0.4, -0.2) is 52.2 Å². The van der Waals surface area contributed by atoms with E-state index < -0.39 is 0 Å². The Balaban J connectivity index is 1.47. The molecule has 2 aromatic heterocycles. The summed E-state index contributed by atoms with van der Waals surface area (Å²) in [5.41, 5.74) is 1.59. The highest BCUT2D eigenvalue weighted by Crippen LogP contribution is 2.12. The summed E-state index contributed by atoms with van der Waals surface area (Å²) < 4.78 is 5.33. The average molecular weight is 293 g/mol. The number of nitrogens with one attached hydrogen (secondary N) is 1. The van der Waals surface area contributed by atoms with Crippen molar-refractivity contribution in [1.82, 2.24) is 20.0 Å². The molecule has 1 N–H and O–H groups in total. The van der Waals surface area contributed by atoms with Crippen LogP contribution in [-0.2, 0) is 6.54 Å². The van der Waals surface area contributed by atoms with E-state index in [1.54, 1.807) is 16.7 Å². The molecule has 2 aromatic rings. The Kier molecular flexibility index (Phi) is 3.93. The first kappa shape index (κ1) is 13.1. The number of anilines is 1. The second-order valence-corrected chi connectivity index (χ2v) is 5.35. The fourth-order valence-corrected chi connectivity index (χ4v) is 2.56. The first-order chi connectivity index (χ1) is 9.81. The highest BCUT2D eigenvalue weighted by atomic mass is 32.1. The predicted octanol–water partition coefficient (Wildman–Crippen LogP) is 1.48. The van der Waals surface area contributed by atoms with Gasteiger partial charge in [-0.3, -0.25) is 10.2 Å². The Morgan fingerprint density at radius 1 is 1.40 bits per heavy atom. The molecule has 1 aliphatic heterocycles. The molecule has 7 nitrogen and oxygen atoms in total. The van der Waals surface area contributed by atoms with Gasteiger partial charge in [-0.25, -0.2) is 4.79 Å². The Labute approximate surface area is 120 Å². The van der Waals surface area contributed by atoms with Crippen LogP contribution in [0.4, 0.5) is 9.93 Å². The van der Waals surface area contributed by atoms with Gasteiger partial charge in [0.2, 0.25) is 5.13 Å². The van der Waals surface area contributed by atoms with Gasteiger partial charge in [0.25, 0.3) is 0 Å². The maximum atomic E-state index is 12.0. The monoisotopic (exact) mass is 293 g/mol. The quantitative estimate of drug-likeness (QED) is 0.928. The summed E-state index contributed by atoms with van der Waals surface area (Å²) in [4.78, 5) is 16.1. The van der Waals surface area contributed by atoms with Gasteiger partial charge < -0.3 is 9.32 Å². The van der Waals surface area contributed by atoms with Crippen LogP contribution in [0, 0.1) is 0 Å². The summed E-state index contributed by atoms with van der Waals surface area (Å²) in [6.45, 7) is 3.87. The third-order valence-corrected chi connectivity index (χ3v) is 3.80. The highest BCUT2D eigenvalue weighted by molar-refractivity contribution is 7.13. The molecule has 0 unspecified atom stereocenters. The van der Waals surface area contributed by atoms with Crippen LogP contribution in [0.3, 0.4) is 0 Å². The zero-order chi connectivity index (χ0) is 13.8. The van der Waals surface area contributed by atoms with Gasteiger partial charge in [-0.2, -0.15) is 0 Å². The fourth-order valence-electron chi connectivity index (χ4n) is 2.13. The summed E-state index contributed by atoms with van der Waals surface area (Å²) >= 11 is 1.31. The highest BCUT2D eigenvalue weighted by Gasteiger charge is 2.22. The molecular weight excluding hydrogens is 278 g/mol. The van der Waals surface area contributed by atoms with Crippen molar-refractivity contribution >= 4 is 22.5 Å². The number of hydrogen-bond donors (Lipinski definition) is 1. The van der Waals surface area contributed by atoms with Gasteiger partial charge in [0.05, 0.1) is 12.8 Å². The number of carbonyl (C=O) groups is 1. The van der Waals surface area contributed by atoms with Crippen molar-refractivity contribution < 1.29 is 9.21 Å². The van der Waals surface area contributed by atoms with Gasteiger partial charge in [0.1, 0.15) is 11.3 Å². The van der Waals surface area contributed by atoms with Crippen LogP contribution in [0.2, 0.25) is 0 Å². The molecule has 0 saturated carbocycles. The Bertz CT molecular complexity index is 534. The molecule has 0 aromatic carbocycles. The maximum absolute atomic E-state index is 12.0. The SMILES string of the molecule is O=C(Nc1nncs1)N1CCN(Cc2ccco2)CC1. The number of carbonyl (C=O) groups excluding carboxylic acids is 1. The molecule has 1 saturated heterocycles. The van der Waals surface area contributed by atoms with Crippen LogP contribution < -0.4 is 5.32 Å². The van der Waals surface area contributed by atoms with E-state index in [0.29, 0.717) is 18.2 Å².